The highest BCUT2D eigenvalue weighted by molar-refractivity contribution is 6.30. The fourth-order valence-corrected chi connectivity index (χ4v) is 14.2. The van der Waals surface area contributed by atoms with E-state index in [0.717, 1.165) is 61.7 Å². The van der Waals surface area contributed by atoms with E-state index in [-0.39, 0.29) is 77.3 Å². The number of rotatable bonds is 10. The van der Waals surface area contributed by atoms with Gasteiger partial charge in [-0.25, -0.2) is 4.79 Å². The zero-order valence-electron chi connectivity index (χ0n) is 41.4. The second-order valence-corrected chi connectivity index (χ2v) is 25.2. The Balaban J connectivity index is 1.27. The van der Waals surface area contributed by atoms with Crippen LogP contribution in [0.3, 0.4) is 0 Å². The molecule has 0 heterocycles. The first-order valence-corrected chi connectivity index (χ1v) is 24.3. The Hall–Kier alpha value is -2.91. The van der Waals surface area contributed by atoms with E-state index in [9.17, 15) is 24.3 Å². The molecule has 0 aromatic heterocycles. The molecule has 0 spiro atoms. The van der Waals surface area contributed by atoms with E-state index in [2.05, 4.69) is 48.5 Å². The molecule has 10 heteroatoms. The average molecular weight is 895 g/mol. The highest BCUT2D eigenvalue weighted by Gasteiger charge is 2.71. The van der Waals surface area contributed by atoms with Gasteiger partial charge in [-0.2, -0.15) is 0 Å². The van der Waals surface area contributed by atoms with Crippen molar-refractivity contribution in [2.45, 2.75) is 198 Å². The number of hydrogen-bond acceptors (Lipinski definition) is 8. The minimum atomic E-state index is -1.00. The highest BCUT2D eigenvalue weighted by Crippen LogP contribution is 2.77. The molecule has 5 aliphatic rings. The number of aliphatic hydroxyl groups is 1. The Labute approximate surface area is 384 Å². The van der Waals surface area contributed by atoms with Gasteiger partial charge in [0.25, 0.3) is 0 Å². The van der Waals surface area contributed by atoms with Crippen LogP contribution in [0.5, 0.6) is 0 Å². The number of esters is 2. The number of allylic oxidation sites excluding steroid dienone is 1. The van der Waals surface area contributed by atoms with Crippen molar-refractivity contribution in [1.82, 2.24) is 4.90 Å². The lowest BCUT2D eigenvalue weighted by atomic mass is 9.33. The molecule has 5 aliphatic carbocycles. The van der Waals surface area contributed by atoms with Crippen molar-refractivity contribution in [3.05, 3.63) is 46.0 Å². The van der Waals surface area contributed by atoms with Gasteiger partial charge >= 0.3 is 18.0 Å². The molecule has 1 amide bonds. The van der Waals surface area contributed by atoms with Crippen LogP contribution in [-0.2, 0) is 35.1 Å². The molecular weight excluding hydrogens is 814 g/mol. The number of fused-ring (bicyclic) bond motifs is 7. The lowest BCUT2D eigenvalue weighted by Gasteiger charge is -2.72. The number of aliphatic hydroxyl groups excluding tert-OH is 1. The van der Waals surface area contributed by atoms with Gasteiger partial charge in [-0.15, -0.1) is 0 Å². The Morgan fingerprint density at radius 3 is 2.02 bits per heavy atom. The predicted molar refractivity (Wildman–Crippen MR) is 248 cm³/mol. The number of nitrogens with zero attached hydrogens (tertiary/aromatic N) is 1. The number of carbonyl (C=O) groups excluding carboxylic acids is 4. The van der Waals surface area contributed by atoms with Gasteiger partial charge in [0.15, 0.2) is 5.78 Å². The first-order chi connectivity index (χ1) is 28.8. The van der Waals surface area contributed by atoms with Gasteiger partial charge < -0.3 is 24.2 Å². The number of amides is 1. The summed E-state index contributed by atoms with van der Waals surface area (Å²) in [4.78, 5) is 56.5. The van der Waals surface area contributed by atoms with Gasteiger partial charge in [0.1, 0.15) is 17.3 Å². The van der Waals surface area contributed by atoms with Crippen molar-refractivity contribution in [1.29, 1.82) is 0 Å². The summed E-state index contributed by atoms with van der Waals surface area (Å²) in [5.41, 5.74) is -0.641. The quantitative estimate of drug-likeness (QED) is 0.182. The third-order valence-corrected chi connectivity index (χ3v) is 17.5. The van der Waals surface area contributed by atoms with E-state index < -0.39 is 40.2 Å². The van der Waals surface area contributed by atoms with Gasteiger partial charge in [0, 0.05) is 28.8 Å². The Kier molecular flexibility index (Phi) is 13.2. The van der Waals surface area contributed by atoms with Crippen molar-refractivity contribution in [2.24, 2.45) is 56.2 Å². The summed E-state index contributed by atoms with van der Waals surface area (Å²) in [6.45, 7) is 31.2. The summed E-state index contributed by atoms with van der Waals surface area (Å²) in [5.74, 6) is 0.263. The lowest BCUT2D eigenvalue weighted by molar-refractivity contribution is -0.235. The maximum absolute atomic E-state index is 14.4. The third-order valence-electron chi connectivity index (χ3n) is 17.2. The first-order valence-electron chi connectivity index (χ1n) is 23.9. The zero-order valence-corrected chi connectivity index (χ0v) is 42.1. The van der Waals surface area contributed by atoms with Gasteiger partial charge in [0.05, 0.1) is 24.5 Å². The van der Waals surface area contributed by atoms with Crippen molar-refractivity contribution in [3.8, 4) is 0 Å². The Bertz CT molecular complexity index is 1970. The van der Waals surface area contributed by atoms with Crippen molar-refractivity contribution in [2.75, 3.05) is 6.54 Å². The number of Topliss-reactive ketones (excluding diaryl/α,β-unsaturated/α-hetero) is 1. The van der Waals surface area contributed by atoms with Crippen LogP contribution in [0.1, 0.15) is 174 Å². The molecule has 9 nitrogen and oxygen atoms in total. The summed E-state index contributed by atoms with van der Waals surface area (Å²) >= 11 is 6.22. The standard InChI is InChI=1S/C53H80ClNO8/c1-32(2)42-36(56)28-53(39(57)31-55(45(60)63-47(6,7)8)30-33-16-18-34(54)19-17-33)27-26-51(14)35(43(42)53)20-21-38-50(13)24-23-40(49(11,12)37(50)22-25-52(38,51)15)61-41(58)29-48(9,10)44(59)62-46(3,4)5/h16-19,32,35,37-40,57H,20-31H2,1-15H3/t35-,37-,38-,39-,40+,50+,51-,52-,53+/m1/s1. The summed E-state index contributed by atoms with van der Waals surface area (Å²) in [5, 5.41) is 13.3. The average Bonchev–Trinajstić information content (AvgIpc) is 3.45. The number of carbonyl (C=O) groups is 4. The zero-order chi connectivity index (χ0) is 47.1. The van der Waals surface area contributed by atoms with E-state index in [1.54, 1.807) is 30.9 Å². The fraction of sp³-hybridized carbons (Fsp3) is 0.774. The summed E-state index contributed by atoms with van der Waals surface area (Å²) < 4.78 is 17.9. The molecule has 352 valence electrons. The van der Waals surface area contributed by atoms with Crippen molar-refractivity contribution >= 4 is 35.4 Å². The molecule has 9 atom stereocenters. The smallest absolute Gasteiger partial charge is 0.410 e. The number of ketones is 1. The summed E-state index contributed by atoms with van der Waals surface area (Å²) in [7, 11) is 0. The predicted octanol–water partition coefficient (Wildman–Crippen LogP) is 12.1. The van der Waals surface area contributed by atoms with Crippen LogP contribution in [0, 0.1) is 56.2 Å². The Morgan fingerprint density at radius 1 is 0.810 bits per heavy atom. The number of hydrogen-bond donors (Lipinski definition) is 1. The first kappa shape index (κ1) is 49.5. The number of halogens is 1. The van der Waals surface area contributed by atoms with Gasteiger partial charge in [-0.3, -0.25) is 14.4 Å². The summed E-state index contributed by atoms with van der Waals surface area (Å²) in [6, 6.07) is 7.39. The molecular formula is C53H80ClNO8. The molecule has 6 rings (SSSR count). The maximum atomic E-state index is 14.4. The molecule has 63 heavy (non-hydrogen) atoms. The normalized spacial score (nSPS) is 33.4. The van der Waals surface area contributed by atoms with Gasteiger partial charge in [-0.05, 0) is 170 Å². The highest BCUT2D eigenvalue weighted by atomic mass is 35.5. The third kappa shape index (κ3) is 9.02. The van der Waals surface area contributed by atoms with E-state index in [0.29, 0.717) is 23.3 Å². The SMILES string of the molecule is CC(C)C1=C2[C@H]3CC[C@@H]4[C@@]5(C)CC[C@H](OC(=O)CC(C)(C)C(=O)OC(C)(C)C)C(C)(C)[C@H]5CC[C@@]4(C)[C@]3(C)CC[C@@]2([C@H](O)CN(Cc2ccc(Cl)cc2)C(=O)OC(C)(C)C)CC1=O. The largest absolute Gasteiger partial charge is 0.462 e. The van der Waals surface area contributed by atoms with Crippen LogP contribution in [0.15, 0.2) is 35.4 Å². The summed E-state index contributed by atoms with van der Waals surface area (Å²) in [6.07, 6.45) is 5.76. The second kappa shape index (κ2) is 16.8. The monoisotopic (exact) mass is 894 g/mol. The van der Waals surface area contributed by atoms with Crippen molar-refractivity contribution < 1.29 is 38.5 Å². The molecule has 1 N–H and O–H groups in total. The minimum Gasteiger partial charge on any atom is -0.462 e. The Morgan fingerprint density at radius 2 is 1.43 bits per heavy atom. The molecule has 0 aliphatic heterocycles. The van der Waals surface area contributed by atoms with E-state index in [1.165, 1.54) is 0 Å². The maximum Gasteiger partial charge on any atom is 0.410 e. The van der Waals surface area contributed by atoms with E-state index in [4.69, 9.17) is 25.8 Å². The molecule has 0 unspecified atom stereocenters. The van der Waals surface area contributed by atoms with Gasteiger partial charge in [-0.1, -0.05) is 77.8 Å². The van der Waals surface area contributed by atoms with E-state index >= 15 is 0 Å². The number of benzene rings is 1. The number of ether oxygens (including phenoxy) is 3. The van der Waals surface area contributed by atoms with Gasteiger partial charge in [0.2, 0.25) is 0 Å². The van der Waals surface area contributed by atoms with Crippen LogP contribution in [0.4, 0.5) is 4.79 Å². The fourth-order valence-electron chi connectivity index (χ4n) is 14.0. The molecule has 4 fully saturated rings. The van der Waals surface area contributed by atoms with Crippen LogP contribution in [0.2, 0.25) is 5.02 Å². The molecule has 0 radical (unpaired) electrons. The van der Waals surface area contributed by atoms with Crippen LogP contribution < -0.4 is 0 Å². The molecule has 1 aromatic rings. The lowest BCUT2D eigenvalue weighted by Crippen LogP contribution is -2.66. The van der Waals surface area contributed by atoms with Crippen LogP contribution in [0.25, 0.3) is 0 Å². The van der Waals surface area contributed by atoms with Crippen LogP contribution in [-0.4, -0.2) is 63.8 Å². The molecule has 1 aromatic carbocycles. The topological polar surface area (TPSA) is 119 Å². The molecule has 4 saturated carbocycles. The minimum absolute atomic E-state index is 0.00670. The van der Waals surface area contributed by atoms with E-state index in [1.807, 2.05) is 53.7 Å². The van der Waals surface area contributed by atoms with Crippen molar-refractivity contribution in [3.63, 3.8) is 0 Å². The molecule has 0 saturated heterocycles. The van der Waals surface area contributed by atoms with Crippen LogP contribution >= 0.6 is 11.6 Å². The second-order valence-electron chi connectivity index (χ2n) is 24.8. The molecule has 0 bridgehead atoms.